The molecular weight excluding hydrogens is 396 g/mol. The van der Waals surface area contributed by atoms with Gasteiger partial charge in [-0.05, 0) is 36.4 Å². The minimum absolute atomic E-state index is 0.0172. The Bertz CT molecular complexity index is 883. The van der Waals surface area contributed by atoms with E-state index >= 15 is 0 Å². The minimum atomic E-state index is -0.0172. The second-order valence-electron chi connectivity index (χ2n) is 6.27. The third-order valence-corrected chi connectivity index (χ3v) is 4.99. The lowest BCUT2D eigenvalue weighted by molar-refractivity contribution is 0.0614. The van der Waals surface area contributed by atoms with Crippen molar-refractivity contribution < 1.29 is 9.21 Å². The average molecular weight is 415 g/mol. The van der Waals surface area contributed by atoms with Crippen LogP contribution in [-0.2, 0) is 6.54 Å². The Labute approximate surface area is 160 Å². The SMILES string of the molecule is O=C(c1ccn(-c2cccc(Br)c2)n1)N1CCN(Cc2ccco2)CC1. The first-order valence-electron chi connectivity index (χ1n) is 8.55. The molecule has 4 rings (SSSR count). The van der Waals surface area contributed by atoms with Crippen molar-refractivity contribution in [3.05, 3.63) is 70.9 Å². The average Bonchev–Trinajstić information content (AvgIpc) is 3.34. The number of carbonyl (C=O) groups excluding carboxylic acids is 1. The molecule has 0 bridgehead atoms. The number of carbonyl (C=O) groups is 1. The summed E-state index contributed by atoms with van der Waals surface area (Å²) in [5.41, 5.74) is 1.39. The van der Waals surface area contributed by atoms with Gasteiger partial charge in [0.15, 0.2) is 5.69 Å². The molecule has 0 aliphatic carbocycles. The molecule has 0 spiro atoms. The van der Waals surface area contributed by atoms with Crippen LogP contribution in [0.5, 0.6) is 0 Å². The van der Waals surface area contributed by atoms with Crippen molar-refractivity contribution in [2.24, 2.45) is 0 Å². The fourth-order valence-electron chi connectivity index (χ4n) is 3.09. The van der Waals surface area contributed by atoms with Gasteiger partial charge < -0.3 is 9.32 Å². The van der Waals surface area contributed by atoms with Gasteiger partial charge in [-0.15, -0.1) is 0 Å². The van der Waals surface area contributed by atoms with Gasteiger partial charge in [0.05, 0.1) is 18.5 Å². The molecule has 6 nitrogen and oxygen atoms in total. The molecule has 0 atom stereocenters. The smallest absolute Gasteiger partial charge is 0.274 e. The summed E-state index contributed by atoms with van der Waals surface area (Å²) in [7, 11) is 0. The van der Waals surface area contributed by atoms with E-state index < -0.39 is 0 Å². The highest BCUT2D eigenvalue weighted by Gasteiger charge is 2.24. The zero-order valence-electron chi connectivity index (χ0n) is 14.2. The highest BCUT2D eigenvalue weighted by atomic mass is 79.9. The van der Waals surface area contributed by atoms with E-state index in [9.17, 15) is 4.79 Å². The standard InChI is InChI=1S/C19H19BrN4O2/c20-15-3-1-4-16(13-15)24-7-6-18(21-24)19(25)23-10-8-22(9-11-23)14-17-5-2-12-26-17/h1-7,12-13H,8-11,14H2. The highest BCUT2D eigenvalue weighted by molar-refractivity contribution is 9.10. The molecule has 134 valence electrons. The Hall–Kier alpha value is -2.38. The Morgan fingerprint density at radius 3 is 2.69 bits per heavy atom. The second kappa shape index (κ2) is 7.47. The second-order valence-corrected chi connectivity index (χ2v) is 7.19. The molecule has 7 heteroatoms. The molecule has 0 unspecified atom stereocenters. The quantitative estimate of drug-likeness (QED) is 0.657. The first kappa shape index (κ1) is 17.1. The van der Waals surface area contributed by atoms with E-state index in [1.54, 1.807) is 17.0 Å². The van der Waals surface area contributed by atoms with Crippen LogP contribution in [0.15, 0.2) is 63.8 Å². The molecule has 0 N–H and O–H groups in total. The summed E-state index contributed by atoms with van der Waals surface area (Å²) < 4.78 is 8.10. The summed E-state index contributed by atoms with van der Waals surface area (Å²) in [5.74, 6) is 0.939. The summed E-state index contributed by atoms with van der Waals surface area (Å²) >= 11 is 3.46. The van der Waals surface area contributed by atoms with Gasteiger partial charge in [0, 0.05) is 36.8 Å². The van der Waals surface area contributed by atoms with Crippen LogP contribution in [-0.4, -0.2) is 51.7 Å². The number of nitrogens with zero attached hydrogens (tertiary/aromatic N) is 4. The van der Waals surface area contributed by atoms with Gasteiger partial charge in [-0.3, -0.25) is 9.69 Å². The van der Waals surface area contributed by atoms with Crippen molar-refractivity contribution in [3.8, 4) is 5.69 Å². The number of halogens is 1. The van der Waals surface area contributed by atoms with Crippen molar-refractivity contribution in [1.29, 1.82) is 0 Å². The topological polar surface area (TPSA) is 54.5 Å². The van der Waals surface area contributed by atoms with Crippen LogP contribution in [0.25, 0.3) is 5.69 Å². The number of hydrogen-bond donors (Lipinski definition) is 0. The molecule has 1 saturated heterocycles. The number of furan rings is 1. The Kier molecular flexibility index (Phi) is 4.90. The first-order valence-corrected chi connectivity index (χ1v) is 9.34. The van der Waals surface area contributed by atoms with E-state index in [1.807, 2.05) is 47.5 Å². The molecule has 3 heterocycles. The number of amides is 1. The van der Waals surface area contributed by atoms with E-state index in [0.717, 1.165) is 35.6 Å². The molecule has 1 aliphatic rings. The molecule has 3 aromatic rings. The lowest BCUT2D eigenvalue weighted by Crippen LogP contribution is -2.48. The van der Waals surface area contributed by atoms with Gasteiger partial charge in [0.1, 0.15) is 5.76 Å². The van der Waals surface area contributed by atoms with Crippen LogP contribution in [0, 0.1) is 0 Å². The van der Waals surface area contributed by atoms with Crippen LogP contribution in [0.4, 0.5) is 0 Å². The molecule has 0 radical (unpaired) electrons. The van der Waals surface area contributed by atoms with Gasteiger partial charge in [-0.1, -0.05) is 22.0 Å². The molecule has 2 aromatic heterocycles. The van der Waals surface area contributed by atoms with Crippen molar-refractivity contribution in [2.75, 3.05) is 26.2 Å². The zero-order chi connectivity index (χ0) is 17.9. The third-order valence-electron chi connectivity index (χ3n) is 4.50. The summed E-state index contributed by atoms with van der Waals surface area (Å²) in [6, 6.07) is 13.5. The van der Waals surface area contributed by atoms with Gasteiger partial charge >= 0.3 is 0 Å². The van der Waals surface area contributed by atoms with Crippen molar-refractivity contribution >= 4 is 21.8 Å². The lowest BCUT2D eigenvalue weighted by atomic mass is 10.2. The molecule has 1 aromatic carbocycles. The van der Waals surface area contributed by atoms with Crippen molar-refractivity contribution in [3.63, 3.8) is 0 Å². The third kappa shape index (κ3) is 3.73. The fourth-order valence-corrected chi connectivity index (χ4v) is 3.48. The maximum absolute atomic E-state index is 12.7. The van der Waals surface area contributed by atoms with Crippen molar-refractivity contribution in [2.45, 2.75) is 6.54 Å². The van der Waals surface area contributed by atoms with E-state index in [1.165, 1.54) is 0 Å². The minimum Gasteiger partial charge on any atom is -0.468 e. The summed E-state index contributed by atoms with van der Waals surface area (Å²) in [4.78, 5) is 16.9. The number of piperazine rings is 1. The van der Waals surface area contributed by atoms with Gasteiger partial charge in [-0.25, -0.2) is 4.68 Å². The Morgan fingerprint density at radius 1 is 1.12 bits per heavy atom. The number of benzene rings is 1. The Morgan fingerprint density at radius 2 is 1.96 bits per heavy atom. The summed E-state index contributed by atoms with van der Waals surface area (Å²) in [6.45, 7) is 3.84. The zero-order valence-corrected chi connectivity index (χ0v) is 15.8. The molecule has 26 heavy (non-hydrogen) atoms. The molecule has 0 saturated carbocycles. The lowest BCUT2D eigenvalue weighted by Gasteiger charge is -2.33. The van der Waals surface area contributed by atoms with Gasteiger partial charge in [0.2, 0.25) is 0 Å². The molecular formula is C19H19BrN4O2. The maximum atomic E-state index is 12.7. The molecule has 1 fully saturated rings. The van der Waals surface area contributed by atoms with Crippen molar-refractivity contribution in [1.82, 2.24) is 19.6 Å². The van der Waals surface area contributed by atoms with Crippen LogP contribution in [0.2, 0.25) is 0 Å². The largest absolute Gasteiger partial charge is 0.468 e. The summed E-state index contributed by atoms with van der Waals surface area (Å²) in [5, 5.41) is 4.45. The van der Waals surface area contributed by atoms with Crippen LogP contribution in [0.1, 0.15) is 16.2 Å². The van der Waals surface area contributed by atoms with E-state index in [2.05, 4.69) is 25.9 Å². The highest BCUT2D eigenvalue weighted by Crippen LogP contribution is 2.16. The van der Waals surface area contributed by atoms with E-state index in [4.69, 9.17) is 4.42 Å². The predicted molar refractivity (Wildman–Crippen MR) is 101 cm³/mol. The number of aromatic nitrogens is 2. The van der Waals surface area contributed by atoms with E-state index in [0.29, 0.717) is 18.8 Å². The normalized spacial score (nSPS) is 15.3. The van der Waals surface area contributed by atoms with E-state index in [-0.39, 0.29) is 5.91 Å². The monoisotopic (exact) mass is 414 g/mol. The van der Waals surface area contributed by atoms with Crippen LogP contribution < -0.4 is 0 Å². The predicted octanol–water partition coefficient (Wildman–Crippen LogP) is 3.19. The molecule has 1 amide bonds. The number of hydrogen-bond acceptors (Lipinski definition) is 4. The Balaban J connectivity index is 1.38. The van der Waals surface area contributed by atoms with Gasteiger partial charge in [-0.2, -0.15) is 5.10 Å². The first-order chi connectivity index (χ1) is 12.7. The number of rotatable bonds is 4. The van der Waals surface area contributed by atoms with Crippen LogP contribution >= 0.6 is 15.9 Å². The fraction of sp³-hybridized carbons (Fsp3) is 0.263. The van der Waals surface area contributed by atoms with Gasteiger partial charge in [0.25, 0.3) is 5.91 Å². The summed E-state index contributed by atoms with van der Waals surface area (Å²) in [6.07, 6.45) is 3.51. The van der Waals surface area contributed by atoms with Crippen LogP contribution in [0.3, 0.4) is 0 Å². The molecule has 1 aliphatic heterocycles. The maximum Gasteiger partial charge on any atom is 0.274 e.